The predicted octanol–water partition coefficient (Wildman–Crippen LogP) is 4.47. The molecule has 2 heterocycles. The van der Waals surface area contributed by atoms with E-state index in [0.29, 0.717) is 19.4 Å². The molecule has 0 aliphatic carbocycles. The maximum absolute atomic E-state index is 13.0. The number of nitrogens with one attached hydrogen (secondary N) is 1. The van der Waals surface area contributed by atoms with Gasteiger partial charge in [-0.3, -0.25) is 28.8 Å². The molecule has 4 rings (SSSR count). The SMILES string of the molecule is C[C@@H](CCC(N)=O)[C@@H](C)OCc1ccc(CCCCCCc2ccc3c(c2)n(C)c(=O)n3C2CCC(=O)NC2=O)cc1. The first-order chi connectivity index (χ1) is 20.1. The highest BCUT2D eigenvalue weighted by Gasteiger charge is 2.31. The van der Waals surface area contributed by atoms with E-state index < -0.39 is 11.9 Å². The predicted molar refractivity (Wildman–Crippen MR) is 163 cm³/mol. The number of primary amides is 1. The molecule has 0 radical (unpaired) electrons. The Morgan fingerprint density at radius 3 is 2.26 bits per heavy atom. The highest BCUT2D eigenvalue weighted by atomic mass is 16.5. The van der Waals surface area contributed by atoms with Crippen LogP contribution in [0.3, 0.4) is 0 Å². The number of aryl methyl sites for hydroxylation is 3. The van der Waals surface area contributed by atoms with Crippen LogP contribution in [0.2, 0.25) is 0 Å². The second-order valence-corrected chi connectivity index (χ2v) is 11.7. The van der Waals surface area contributed by atoms with Gasteiger partial charge in [-0.05, 0) is 80.2 Å². The van der Waals surface area contributed by atoms with E-state index in [1.165, 1.54) is 15.7 Å². The zero-order chi connectivity index (χ0) is 30.2. The number of aromatic nitrogens is 2. The Morgan fingerprint density at radius 1 is 0.952 bits per heavy atom. The summed E-state index contributed by atoms with van der Waals surface area (Å²) in [5.74, 6) is -0.691. The number of fused-ring (bicyclic) bond motifs is 1. The molecule has 1 fully saturated rings. The second-order valence-electron chi connectivity index (χ2n) is 11.7. The fourth-order valence-electron chi connectivity index (χ4n) is 5.60. The topological polar surface area (TPSA) is 125 Å². The Morgan fingerprint density at radius 2 is 1.60 bits per heavy atom. The van der Waals surface area contributed by atoms with Crippen LogP contribution in [-0.4, -0.2) is 33.0 Å². The fourth-order valence-corrected chi connectivity index (χ4v) is 5.60. The number of piperidine rings is 1. The number of unbranched alkanes of at least 4 members (excludes halogenated alkanes) is 3. The molecule has 2 aromatic carbocycles. The molecule has 9 nitrogen and oxygen atoms in total. The Kier molecular flexibility index (Phi) is 10.7. The fraction of sp³-hybridized carbons (Fsp3) is 0.515. The molecule has 0 spiro atoms. The summed E-state index contributed by atoms with van der Waals surface area (Å²) in [5, 5.41) is 2.35. The summed E-state index contributed by atoms with van der Waals surface area (Å²) in [6, 6.07) is 14.0. The maximum atomic E-state index is 13.0. The van der Waals surface area contributed by atoms with Crippen LogP contribution in [0, 0.1) is 5.92 Å². The van der Waals surface area contributed by atoms with Gasteiger partial charge in [0.05, 0.1) is 23.7 Å². The molecule has 1 aliphatic heterocycles. The van der Waals surface area contributed by atoms with Crippen LogP contribution in [0.25, 0.3) is 11.0 Å². The van der Waals surface area contributed by atoms with Gasteiger partial charge in [0.1, 0.15) is 6.04 Å². The molecule has 9 heteroatoms. The molecular weight excluding hydrogens is 532 g/mol. The molecule has 0 saturated carbocycles. The summed E-state index contributed by atoms with van der Waals surface area (Å²) in [7, 11) is 1.73. The van der Waals surface area contributed by atoms with Crippen LogP contribution in [0.1, 0.15) is 87.9 Å². The van der Waals surface area contributed by atoms with Crippen LogP contribution in [0.4, 0.5) is 0 Å². The van der Waals surface area contributed by atoms with Crippen molar-refractivity contribution in [2.75, 3.05) is 0 Å². The van der Waals surface area contributed by atoms with Crippen molar-refractivity contribution in [3.05, 3.63) is 69.6 Å². The average molecular weight is 577 g/mol. The lowest BCUT2D eigenvalue weighted by molar-refractivity contribution is -0.135. The second kappa shape index (κ2) is 14.4. The Bertz CT molecular complexity index is 1460. The molecule has 1 unspecified atom stereocenters. The van der Waals surface area contributed by atoms with E-state index in [1.54, 1.807) is 11.6 Å². The normalized spacial score (nSPS) is 16.9. The third-order valence-electron chi connectivity index (χ3n) is 8.54. The molecule has 0 bridgehead atoms. The third kappa shape index (κ3) is 7.97. The lowest BCUT2D eigenvalue weighted by Crippen LogP contribution is -2.44. The van der Waals surface area contributed by atoms with Crippen molar-refractivity contribution in [2.45, 2.75) is 96.8 Å². The first-order valence-electron chi connectivity index (χ1n) is 15.1. The Balaban J connectivity index is 1.19. The van der Waals surface area contributed by atoms with Gasteiger partial charge < -0.3 is 10.5 Å². The van der Waals surface area contributed by atoms with Gasteiger partial charge in [-0.2, -0.15) is 0 Å². The number of hydrogen-bond acceptors (Lipinski definition) is 5. The zero-order valence-corrected chi connectivity index (χ0v) is 25.1. The number of ether oxygens (including phenoxy) is 1. The monoisotopic (exact) mass is 576 g/mol. The highest BCUT2D eigenvalue weighted by molar-refractivity contribution is 6.00. The van der Waals surface area contributed by atoms with Crippen LogP contribution in [0.15, 0.2) is 47.3 Å². The van der Waals surface area contributed by atoms with Gasteiger partial charge in [0.2, 0.25) is 17.7 Å². The summed E-state index contributed by atoms with van der Waals surface area (Å²) in [5.41, 5.74) is 10.2. The summed E-state index contributed by atoms with van der Waals surface area (Å²) in [6.07, 6.45) is 8.23. The van der Waals surface area contributed by atoms with Crippen molar-refractivity contribution in [3.8, 4) is 0 Å². The van der Waals surface area contributed by atoms with E-state index in [-0.39, 0.29) is 35.9 Å². The summed E-state index contributed by atoms with van der Waals surface area (Å²) in [4.78, 5) is 47.9. The van der Waals surface area contributed by atoms with Crippen molar-refractivity contribution < 1.29 is 19.1 Å². The quantitative estimate of drug-likeness (QED) is 0.204. The number of hydrogen-bond donors (Lipinski definition) is 2. The van der Waals surface area contributed by atoms with Gasteiger partial charge in [0.25, 0.3) is 0 Å². The van der Waals surface area contributed by atoms with Gasteiger partial charge in [-0.15, -0.1) is 0 Å². The molecule has 3 N–H and O–H groups in total. The van der Waals surface area contributed by atoms with E-state index in [0.717, 1.165) is 61.5 Å². The molecular formula is C33H44N4O5. The van der Waals surface area contributed by atoms with Gasteiger partial charge in [0.15, 0.2) is 0 Å². The standard InChI is InChI=1S/C33H44N4O5/c1-22(10-18-30(34)38)23(2)42-21-26-13-11-24(12-14-26)8-6-4-5-7-9-25-15-16-27-29(20-25)36(3)33(41)37(27)28-17-19-31(39)35-32(28)40/h11-16,20,22-23,28H,4-10,17-19,21H2,1-3H3,(H2,34,38)(H,35,39,40)/t22-,23+,28?/m0/s1. The van der Waals surface area contributed by atoms with Crippen molar-refractivity contribution in [2.24, 2.45) is 18.7 Å². The molecule has 1 saturated heterocycles. The molecule has 42 heavy (non-hydrogen) atoms. The van der Waals surface area contributed by atoms with Crippen molar-refractivity contribution in [1.29, 1.82) is 0 Å². The van der Waals surface area contributed by atoms with Gasteiger partial charge in [0, 0.05) is 19.9 Å². The van der Waals surface area contributed by atoms with E-state index in [4.69, 9.17) is 10.5 Å². The van der Waals surface area contributed by atoms with Gasteiger partial charge >= 0.3 is 5.69 Å². The number of nitrogens with two attached hydrogens (primary N) is 1. The van der Waals surface area contributed by atoms with Gasteiger partial charge in [-0.25, -0.2) is 4.79 Å². The molecule has 3 aromatic rings. The lowest BCUT2D eigenvalue weighted by atomic mass is 10.00. The summed E-state index contributed by atoms with van der Waals surface area (Å²) < 4.78 is 9.11. The minimum absolute atomic E-state index is 0.0664. The van der Waals surface area contributed by atoms with Crippen LogP contribution in [-0.2, 0) is 45.6 Å². The lowest BCUT2D eigenvalue weighted by Gasteiger charge is -2.21. The molecule has 226 valence electrons. The molecule has 1 aromatic heterocycles. The summed E-state index contributed by atoms with van der Waals surface area (Å²) >= 11 is 0. The zero-order valence-electron chi connectivity index (χ0n) is 25.1. The first-order valence-corrected chi connectivity index (χ1v) is 15.1. The highest BCUT2D eigenvalue weighted by Crippen LogP contribution is 2.24. The third-order valence-corrected chi connectivity index (χ3v) is 8.54. The largest absolute Gasteiger partial charge is 0.374 e. The average Bonchev–Trinajstić information content (AvgIpc) is 3.21. The first kappa shape index (κ1) is 31.2. The van der Waals surface area contributed by atoms with Crippen LogP contribution < -0.4 is 16.7 Å². The van der Waals surface area contributed by atoms with Gasteiger partial charge in [-0.1, -0.05) is 50.1 Å². The van der Waals surface area contributed by atoms with Crippen LogP contribution in [0.5, 0.6) is 0 Å². The number of nitrogens with zero attached hydrogens (tertiary/aromatic N) is 2. The van der Waals surface area contributed by atoms with Crippen LogP contribution >= 0.6 is 0 Å². The number of amides is 3. The van der Waals surface area contributed by atoms with Crippen molar-refractivity contribution in [3.63, 3.8) is 0 Å². The van der Waals surface area contributed by atoms with E-state index in [9.17, 15) is 19.2 Å². The Labute approximate surface area is 247 Å². The van der Waals surface area contributed by atoms with Crippen molar-refractivity contribution >= 4 is 28.8 Å². The van der Waals surface area contributed by atoms with E-state index in [2.05, 4.69) is 36.5 Å². The summed E-state index contributed by atoms with van der Waals surface area (Å²) in [6.45, 7) is 4.69. The molecule has 3 atom stereocenters. The smallest absolute Gasteiger partial charge is 0.329 e. The number of carbonyl (C=O) groups is 3. The number of imide groups is 1. The number of imidazole rings is 1. The minimum atomic E-state index is -0.660. The maximum Gasteiger partial charge on any atom is 0.329 e. The molecule has 3 amide bonds. The number of carbonyl (C=O) groups excluding carboxylic acids is 3. The Hall–Kier alpha value is -3.72. The number of benzene rings is 2. The minimum Gasteiger partial charge on any atom is -0.374 e. The van der Waals surface area contributed by atoms with E-state index >= 15 is 0 Å². The van der Waals surface area contributed by atoms with Crippen molar-refractivity contribution in [1.82, 2.24) is 14.5 Å². The molecule has 1 aliphatic rings. The number of rotatable bonds is 15. The van der Waals surface area contributed by atoms with E-state index in [1.807, 2.05) is 25.1 Å².